The van der Waals surface area contributed by atoms with E-state index < -0.39 is 0 Å². The second-order valence-electron chi connectivity index (χ2n) is 6.59. The van der Waals surface area contributed by atoms with Crippen molar-refractivity contribution in [2.75, 3.05) is 32.9 Å². The Balaban J connectivity index is 1.70. The van der Waals surface area contributed by atoms with Gasteiger partial charge < -0.3 is 14.8 Å². The van der Waals surface area contributed by atoms with E-state index in [1.54, 1.807) is 9.25 Å². The maximum Gasteiger partial charge on any atom is 0.350 e. The Morgan fingerprint density at radius 1 is 1.16 bits per heavy atom. The van der Waals surface area contributed by atoms with Gasteiger partial charge in [0.05, 0.1) is 32.1 Å². The molecule has 1 atom stereocenters. The summed E-state index contributed by atoms with van der Waals surface area (Å²) in [6.45, 7) is 4.04. The van der Waals surface area contributed by atoms with Crippen molar-refractivity contribution in [3.63, 3.8) is 0 Å². The van der Waals surface area contributed by atoms with Crippen LogP contribution in [0, 0.1) is 0 Å². The standard InChI is InChI=1S/C18H24N4O3/c23-18-21(12-16-13-24-10-11-25-16)20-17(14-6-8-19-9-7-14)22(18)15-4-2-1-3-5-15/h1-5,14,16,19H,6-13H2. The largest absolute Gasteiger partial charge is 0.376 e. The molecule has 0 radical (unpaired) electrons. The molecule has 4 rings (SSSR count). The molecule has 134 valence electrons. The first-order valence-electron chi connectivity index (χ1n) is 8.98. The van der Waals surface area contributed by atoms with Crippen LogP contribution in [-0.2, 0) is 16.0 Å². The van der Waals surface area contributed by atoms with E-state index in [4.69, 9.17) is 14.6 Å². The summed E-state index contributed by atoms with van der Waals surface area (Å²) in [5.41, 5.74) is 0.766. The summed E-state index contributed by atoms with van der Waals surface area (Å²) < 4.78 is 14.5. The van der Waals surface area contributed by atoms with Crippen molar-refractivity contribution in [3.05, 3.63) is 46.6 Å². The topological polar surface area (TPSA) is 70.3 Å². The number of aromatic nitrogens is 3. The fourth-order valence-corrected chi connectivity index (χ4v) is 3.54. The molecule has 1 aromatic carbocycles. The Labute approximate surface area is 146 Å². The quantitative estimate of drug-likeness (QED) is 0.893. The molecular formula is C18H24N4O3. The van der Waals surface area contributed by atoms with Crippen LogP contribution < -0.4 is 11.0 Å². The Bertz CT molecular complexity index is 743. The molecule has 0 bridgehead atoms. The molecule has 3 heterocycles. The Kier molecular flexibility index (Phi) is 4.96. The van der Waals surface area contributed by atoms with Crippen molar-refractivity contribution in [2.45, 2.75) is 31.4 Å². The summed E-state index contributed by atoms with van der Waals surface area (Å²) in [6.07, 6.45) is 1.87. The molecule has 25 heavy (non-hydrogen) atoms. The monoisotopic (exact) mass is 344 g/mol. The fraction of sp³-hybridized carbons (Fsp3) is 0.556. The SMILES string of the molecule is O=c1n(CC2COCCO2)nc(C2CCNCC2)n1-c1ccccc1. The minimum absolute atomic E-state index is 0.103. The van der Waals surface area contributed by atoms with Crippen LogP contribution in [0.25, 0.3) is 5.69 Å². The first-order valence-corrected chi connectivity index (χ1v) is 8.98. The lowest BCUT2D eigenvalue weighted by atomic mass is 9.97. The first kappa shape index (κ1) is 16.5. The van der Waals surface area contributed by atoms with Crippen molar-refractivity contribution in [3.8, 4) is 5.69 Å². The van der Waals surface area contributed by atoms with Gasteiger partial charge in [0.15, 0.2) is 0 Å². The molecule has 1 unspecified atom stereocenters. The predicted octanol–water partition coefficient (Wildman–Crippen LogP) is 0.916. The third-order valence-corrected chi connectivity index (χ3v) is 4.84. The third kappa shape index (κ3) is 3.53. The van der Waals surface area contributed by atoms with Gasteiger partial charge in [-0.1, -0.05) is 18.2 Å². The van der Waals surface area contributed by atoms with Gasteiger partial charge in [0.25, 0.3) is 0 Å². The zero-order valence-corrected chi connectivity index (χ0v) is 14.3. The van der Waals surface area contributed by atoms with E-state index in [0.717, 1.165) is 37.4 Å². The van der Waals surface area contributed by atoms with E-state index in [1.807, 2.05) is 30.3 Å². The number of hydrogen-bond acceptors (Lipinski definition) is 5. The van der Waals surface area contributed by atoms with Gasteiger partial charge in [0.1, 0.15) is 11.9 Å². The van der Waals surface area contributed by atoms with Crippen LogP contribution >= 0.6 is 0 Å². The number of piperidine rings is 1. The maximum atomic E-state index is 13.1. The summed E-state index contributed by atoms with van der Waals surface area (Å²) in [6, 6.07) is 9.76. The smallest absolute Gasteiger partial charge is 0.350 e. The van der Waals surface area contributed by atoms with Crippen LogP contribution in [0.15, 0.2) is 35.1 Å². The van der Waals surface area contributed by atoms with Gasteiger partial charge in [-0.05, 0) is 38.1 Å². The highest BCUT2D eigenvalue weighted by molar-refractivity contribution is 5.33. The van der Waals surface area contributed by atoms with Gasteiger partial charge in [0, 0.05) is 5.92 Å². The molecule has 1 N–H and O–H groups in total. The number of nitrogens with one attached hydrogen (secondary N) is 1. The van der Waals surface area contributed by atoms with Crippen molar-refractivity contribution in [1.29, 1.82) is 0 Å². The summed E-state index contributed by atoms with van der Waals surface area (Å²) in [4.78, 5) is 13.1. The van der Waals surface area contributed by atoms with E-state index in [2.05, 4.69) is 5.32 Å². The molecule has 1 aromatic heterocycles. The highest BCUT2D eigenvalue weighted by Gasteiger charge is 2.26. The minimum Gasteiger partial charge on any atom is -0.376 e. The minimum atomic E-state index is -0.119. The molecule has 2 aliphatic rings. The lowest BCUT2D eigenvalue weighted by Crippen LogP contribution is -2.36. The maximum absolute atomic E-state index is 13.1. The number of hydrogen-bond donors (Lipinski definition) is 1. The van der Waals surface area contributed by atoms with Crippen molar-refractivity contribution in [2.24, 2.45) is 0 Å². The Morgan fingerprint density at radius 3 is 2.68 bits per heavy atom. The molecule has 2 aliphatic heterocycles. The first-order chi connectivity index (χ1) is 12.3. The van der Waals surface area contributed by atoms with E-state index in [9.17, 15) is 4.79 Å². The molecule has 0 spiro atoms. The average Bonchev–Trinajstić information content (AvgIpc) is 3.00. The van der Waals surface area contributed by atoms with Gasteiger partial charge in [-0.25, -0.2) is 14.0 Å². The summed E-state index contributed by atoms with van der Waals surface area (Å²) >= 11 is 0. The van der Waals surface area contributed by atoms with Gasteiger partial charge in [0.2, 0.25) is 0 Å². The second kappa shape index (κ2) is 7.51. The van der Waals surface area contributed by atoms with Crippen LogP contribution in [0.1, 0.15) is 24.6 Å². The number of ether oxygens (including phenoxy) is 2. The number of nitrogens with zero attached hydrogens (tertiary/aromatic N) is 3. The zero-order valence-electron chi connectivity index (χ0n) is 14.3. The van der Waals surface area contributed by atoms with Gasteiger partial charge >= 0.3 is 5.69 Å². The van der Waals surface area contributed by atoms with Gasteiger partial charge in [-0.3, -0.25) is 0 Å². The van der Waals surface area contributed by atoms with Crippen LogP contribution in [0.3, 0.4) is 0 Å². The fourth-order valence-electron chi connectivity index (χ4n) is 3.54. The lowest BCUT2D eigenvalue weighted by molar-refractivity contribution is -0.0950. The normalized spacial score (nSPS) is 22.2. The highest BCUT2D eigenvalue weighted by atomic mass is 16.6. The van der Waals surface area contributed by atoms with E-state index >= 15 is 0 Å². The molecule has 0 saturated carbocycles. The molecular weight excluding hydrogens is 320 g/mol. The van der Waals surface area contributed by atoms with Crippen LogP contribution in [0.2, 0.25) is 0 Å². The van der Waals surface area contributed by atoms with E-state index in [-0.39, 0.29) is 11.8 Å². The van der Waals surface area contributed by atoms with Crippen molar-refractivity contribution >= 4 is 0 Å². The van der Waals surface area contributed by atoms with Crippen molar-refractivity contribution in [1.82, 2.24) is 19.7 Å². The molecule has 0 aliphatic carbocycles. The van der Waals surface area contributed by atoms with Crippen LogP contribution in [0.5, 0.6) is 0 Å². The zero-order chi connectivity index (χ0) is 17.1. The highest BCUT2D eigenvalue weighted by Crippen LogP contribution is 2.24. The number of para-hydroxylation sites is 1. The Morgan fingerprint density at radius 2 is 1.96 bits per heavy atom. The van der Waals surface area contributed by atoms with Gasteiger partial charge in [-0.2, -0.15) is 5.10 Å². The van der Waals surface area contributed by atoms with E-state index in [0.29, 0.717) is 32.3 Å². The molecule has 7 heteroatoms. The van der Waals surface area contributed by atoms with Crippen molar-refractivity contribution < 1.29 is 9.47 Å². The Hall–Kier alpha value is -1.96. The number of benzene rings is 1. The van der Waals surface area contributed by atoms with Crippen LogP contribution in [-0.4, -0.2) is 53.4 Å². The molecule has 0 amide bonds. The predicted molar refractivity (Wildman–Crippen MR) is 93.2 cm³/mol. The molecule has 7 nitrogen and oxygen atoms in total. The molecule has 2 fully saturated rings. The number of rotatable bonds is 4. The molecule has 2 saturated heterocycles. The lowest BCUT2D eigenvalue weighted by Gasteiger charge is -2.22. The summed E-state index contributed by atoms with van der Waals surface area (Å²) in [5.74, 6) is 1.15. The van der Waals surface area contributed by atoms with Gasteiger partial charge in [-0.15, -0.1) is 0 Å². The van der Waals surface area contributed by atoms with E-state index in [1.165, 1.54) is 0 Å². The molecule has 2 aromatic rings. The summed E-state index contributed by atoms with van der Waals surface area (Å²) in [7, 11) is 0. The third-order valence-electron chi connectivity index (χ3n) is 4.84. The summed E-state index contributed by atoms with van der Waals surface area (Å²) in [5, 5.41) is 8.08. The second-order valence-corrected chi connectivity index (χ2v) is 6.59. The average molecular weight is 344 g/mol. The van der Waals surface area contributed by atoms with Crippen LogP contribution in [0.4, 0.5) is 0 Å².